The van der Waals surface area contributed by atoms with Crippen LogP contribution in [0.5, 0.6) is 0 Å². The van der Waals surface area contributed by atoms with Crippen LogP contribution in [-0.4, -0.2) is 24.5 Å². The van der Waals surface area contributed by atoms with Crippen LogP contribution in [0.25, 0.3) is 0 Å². The van der Waals surface area contributed by atoms with Crippen LogP contribution in [0.1, 0.15) is 31.7 Å². The number of hydrogen-bond acceptors (Lipinski definition) is 2. The molecule has 0 saturated heterocycles. The third-order valence-corrected chi connectivity index (χ3v) is 3.59. The summed E-state index contributed by atoms with van der Waals surface area (Å²) in [5.41, 5.74) is 7.26. The lowest BCUT2D eigenvalue weighted by atomic mass is 10.1. The highest BCUT2D eigenvalue weighted by atomic mass is 16.2. The van der Waals surface area contributed by atoms with Crippen molar-refractivity contribution in [2.24, 2.45) is 5.73 Å². The van der Waals surface area contributed by atoms with Gasteiger partial charge in [-0.05, 0) is 37.8 Å². The minimum Gasteiger partial charge on any atom is -0.352 e. The monoisotopic (exact) mass is 275 g/mol. The van der Waals surface area contributed by atoms with Gasteiger partial charge >= 0.3 is 6.03 Å². The van der Waals surface area contributed by atoms with Crippen molar-refractivity contribution in [3.8, 4) is 0 Å². The van der Waals surface area contributed by atoms with Gasteiger partial charge in [0, 0.05) is 24.7 Å². The van der Waals surface area contributed by atoms with Gasteiger partial charge in [0.25, 0.3) is 0 Å². The first-order valence-electron chi connectivity index (χ1n) is 7.03. The third kappa shape index (κ3) is 3.29. The van der Waals surface area contributed by atoms with Crippen LogP contribution >= 0.6 is 0 Å². The van der Waals surface area contributed by atoms with E-state index < -0.39 is 6.03 Å². The molecule has 1 atom stereocenters. The van der Waals surface area contributed by atoms with Crippen LogP contribution < -0.4 is 16.0 Å². The number of fused-ring (bicyclic) bond motifs is 1. The van der Waals surface area contributed by atoms with Crippen LogP contribution in [0.3, 0.4) is 0 Å². The Morgan fingerprint density at radius 1 is 1.35 bits per heavy atom. The molecule has 0 aromatic heterocycles. The molecule has 0 spiro atoms. The molecule has 3 amide bonds. The van der Waals surface area contributed by atoms with Crippen molar-refractivity contribution in [2.75, 3.05) is 11.4 Å². The number of nitrogens with zero attached hydrogens (tertiary/aromatic N) is 1. The van der Waals surface area contributed by atoms with Crippen molar-refractivity contribution < 1.29 is 9.59 Å². The van der Waals surface area contributed by atoms with Crippen LogP contribution in [0.2, 0.25) is 0 Å². The fourth-order valence-corrected chi connectivity index (χ4v) is 2.68. The van der Waals surface area contributed by atoms with Crippen molar-refractivity contribution in [3.63, 3.8) is 0 Å². The maximum absolute atomic E-state index is 12.3. The fraction of sp³-hybridized carbons (Fsp3) is 0.467. The average molecular weight is 275 g/mol. The van der Waals surface area contributed by atoms with E-state index in [1.165, 1.54) is 5.56 Å². The first-order valence-corrected chi connectivity index (χ1v) is 7.03. The van der Waals surface area contributed by atoms with E-state index in [2.05, 4.69) is 18.3 Å². The van der Waals surface area contributed by atoms with E-state index in [-0.39, 0.29) is 11.9 Å². The second-order valence-electron chi connectivity index (χ2n) is 5.19. The van der Waals surface area contributed by atoms with Gasteiger partial charge in [-0.25, -0.2) is 4.79 Å². The van der Waals surface area contributed by atoms with E-state index in [0.29, 0.717) is 13.0 Å². The number of carbonyl (C=O) groups excluding carboxylic acids is 2. The molecule has 1 aromatic rings. The zero-order valence-corrected chi connectivity index (χ0v) is 11.8. The summed E-state index contributed by atoms with van der Waals surface area (Å²) < 4.78 is 0. The Hall–Kier alpha value is -2.04. The molecule has 1 heterocycles. The number of para-hydroxylation sites is 1. The number of hydrogen-bond donors (Lipinski definition) is 2. The molecule has 1 aliphatic heterocycles. The standard InChI is InChI=1S/C15H21N3O2/c1-11-10-12-6-2-3-7-13(12)18(11)14(19)8-4-5-9-17-15(16)20/h2-3,6-7,11H,4-5,8-10H2,1H3,(H3,16,17,20). The summed E-state index contributed by atoms with van der Waals surface area (Å²) >= 11 is 0. The molecule has 0 aliphatic carbocycles. The van der Waals surface area contributed by atoms with Crippen molar-refractivity contribution in [2.45, 2.75) is 38.6 Å². The highest BCUT2D eigenvalue weighted by molar-refractivity contribution is 5.96. The third-order valence-electron chi connectivity index (χ3n) is 3.59. The van der Waals surface area contributed by atoms with Crippen molar-refractivity contribution in [3.05, 3.63) is 29.8 Å². The summed E-state index contributed by atoms with van der Waals surface area (Å²) in [6, 6.07) is 7.77. The SMILES string of the molecule is CC1Cc2ccccc2N1C(=O)CCCCNC(N)=O. The van der Waals surface area contributed by atoms with Gasteiger partial charge in [0.05, 0.1) is 0 Å². The number of nitrogens with one attached hydrogen (secondary N) is 1. The van der Waals surface area contributed by atoms with E-state index in [1.54, 1.807) is 0 Å². The van der Waals surface area contributed by atoms with Gasteiger partial charge < -0.3 is 16.0 Å². The Morgan fingerprint density at radius 3 is 2.85 bits per heavy atom. The molecule has 1 aromatic carbocycles. The molecule has 20 heavy (non-hydrogen) atoms. The van der Waals surface area contributed by atoms with Gasteiger partial charge in [0.1, 0.15) is 0 Å². The lowest BCUT2D eigenvalue weighted by Gasteiger charge is -2.22. The maximum atomic E-state index is 12.3. The number of rotatable bonds is 5. The molecular formula is C15H21N3O2. The molecule has 1 aliphatic rings. The number of urea groups is 1. The second-order valence-corrected chi connectivity index (χ2v) is 5.19. The molecule has 108 valence electrons. The first kappa shape index (κ1) is 14.4. The number of nitrogens with two attached hydrogens (primary N) is 1. The smallest absolute Gasteiger partial charge is 0.312 e. The summed E-state index contributed by atoms with van der Waals surface area (Å²) in [6.45, 7) is 2.60. The Balaban J connectivity index is 1.85. The topological polar surface area (TPSA) is 75.4 Å². The highest BCUT2D eigenvalue weighted by Crippen LogP contribution is 2.32. The van der Waals surface area contributed by atoms with Gasteiger partial charge in [-0.1, -0.05) is 18.2 Å². The molecule has 2 rings (SSSR count). The molecule has 3 N–H and O–H groups in total. The molecule has 0 saturated carbocycles. The van der Waals surface area contributed by atoms with Gasteiger partial charge in [-0.2, -0.15) is 0 Å². The van der Waals surface area contributed by atoms with Crippen molar-refractivity contribution >= 4 is 17.6 Å². The van der Waals surface area contributed by atoms with Gasteiger partial charge in [0.15, 0.2) is 0 Å². The molecule has 0 radical (unpaired) electrons. The Bertz CT molecular complexity index is 502. The average Bonchev–Trinajstić information content (AvgIpc) is 2.73. The Kier molecular flexibility index (Phi) is 4.61. The van der Waals surface area contributed by atoms with E-state index in [4.69, 9.17) is 5.73 Å². The largest absolute Gasteiger partial charge is 0.352 e. The number of anilines is 1. The Morgan fingerprint density at radius 2 is 2.10 bits per heavy atom. The fourth-order valence-electron chi connectivity index (χ4n) is 2.68. The van der Waals surface area contributed by atoms with E-state index >= 15 is 0 Å². The summed E-state index contributed by atoms with van der Waals surface area (Å²) in [7, 11) is 0. The molecule has 0 bridgehead atoms. The highest BCUT2D eigenvalue weighted by Gasteiger charge is 2.29. The van der Waals surface area contributed by atoms with Crippen LogP contribution in [0, 0.1) is 0 Å². The predicted octanol–water partition coefficient (Wildman–Crippen LogP) is 1.80. The van der Waals surface area contributed by atoms with Crippen molar-refractivity contribution in [1.29, 1.82) is 0 Å². The lowest BCUT2D eigenvalue weighted by molar-refractivity contribution is -0.119. The van der Waals surface area contributed by atoms with E-state index in [9.17, 15) is 9.59 Å². The van der Waals surface area contributed by atoms with E-state index in [1.807, 2.05) is 23.1 Å². The first-order chi connectivity index (χ1) is 9.59. The predicted molar refractivity (Wildman–Crippen MR) is 78.5 cm³/mol. The second kappa shape index (κ2) is 6.41. The number of carbonyl (C=O) groups is 2. The van der Waals surface area contributed by atoms with Crippen LogP contribution in [0.4, 0.5) is 10.5 Å². The van der Waals surface area contributed by atoms with Crippen LogP contribution in [-0.2, 0) is 11.2 Å². The molecule has 5 heteroatoms. The van der Waals surface area contributed by atoms with E-state index in [0.717, 1.165) is 24.9 Å². The zero-order chi connectivity index (χ0) is 14.5. The molecule has 5 nitrogen and oxygen atoms in total. The Labute approximate surface area is 119 Å². The minimum absolute atomic E-state index is 0.154. The van der Waals surface area contributed by atoms with Gasteiger partial charge in [-0.15, -0.1) is 0 Å². The maximum Gasteiger partial charge on any atom is 0.312 e. The summed E-state index contributed by atoms with van der Waals surface area (Å²) in [6.07, 6.45) is 2.94. The molecule has 0 fully saturated rings. The molecule has 1 unspecified atom stereocenters. The van der Waals surface area contributed by atoms with Crippen molar-refractivity contribution in [1.82, 2.24) is 5.32 Å². The number of primary amides is 1. The van der Waals surface area contributed by atoms with Gasteiger partial charge in [-0.3, -0.25) is 4.79 Å². The molecular weight excluding hydrogens is 254 g/mol. The summed E-state index contributed by atoms with van der Waals surface area (Å²) in [5.74, 6) is 0.154. The quantitative estimate of drug-likeness (QED) is 0.804. The normalized spacial score (nSPS) is 16.9. The summed E-state index contributed by atoms with van der Waals surface area (Å²) in [5, 5.41) is 2.53. The minimum atomic E-state index is -0.515. The number of amides is 3. The number of benzene rings is 1. The lowest BCUT2D eigenvalue weighted by Crippen LogP contribution is -2.35. The number of unbranched alkanes of at least 4 members (excludes halogenated alkanes) is 1. The van der Waals surface area contributed by atoms with Crippen LogP contribution in [0.15, 0.2) is 24.3 Å². The summed E-state index contributed by atoms with van der Waals surface area (Å²) in [4.78, 5) is 24.8. The van der Waals surface area contributed by atoms with Gasteiger partial charge in [0.2, 0.25) is 5.91 Å². The zero-order valence-electron chi connectivity index (χ0n) is 11.8.